The lowest BCUT2D eigenvalue weighted by Crippen LogP contribution is -2.29. The molecule has 1 heterocycles. The summed E-state index contributed by atoms with van der Waals surface area (Å²) in [5.41, 5.74) is 4.55. The molecule has 0 fully saturated rings. The highest BCUT2D eigenvalue weighted by atomic mass is 35.5. The standard InChI is InChI=1S/C22H17Cl3N4O3S2/c23-14-3-7-17(18(25)11-14)21(30)26-10-9-13-1-5-16(6-2-13)34(31,32)29-28-22-27-19-8-4-15(24)12-20(19)33-22/h1-8,11-12,29H,9-10H2,(H,26,30)(H,27,28). The van der Waals surface area contributed by atoms with E-state index in [0.717, 1.165) is 10.3 Å². The first kappa shape index (κ1) is 24.7. The third-order valence-electron chi connectivity index (χ3n) is 4.75. The Labute approximate surface area is 215 Å². The summed E-state index contributed by atoms with van der Waals surface area (Å²) in [6.45, 7) is 0.352. The average Bonchev–Trinajstić information content (AvgIpc) is 3.20. The van der Waals surface area contributed by atoms with Crippen LogP contribution in [0.4, 0.5) is 5.13 Å². The first-order valence-electron chi connectivity index (χ1n) is 9.87. The van der Waals surface area contributed by atoms with E-state index in [1.165, 1.54) is 29.5 Å². The summed E-state index contributed by atoms with van der Waals surface area (Å²) < 4.78 is 26.0. The van der Waals surface area contributed by atoms with Gasteiger partial charge in [0.25, 0.3) is 15.9 Å². The average molecular weight is 556 g/mol. The zero-order valence-corrected chi connectivity index (χ0v) is 21.2. The van der Waals surface area contributed by atoms with E-state index in [-0.39, 0.29) is 15.8 Å². The molecule has 34 heavy (non-hydrogen) atoms. The lowest BCUT2D eigenvalue weighted by atomic mass is 10.1. The Hall–Kier alpha value is -2.40. The van der Waals surface area contributed by atoms with Crippen LogP contribution in [0.2, 0.25) is 15.1 Å². The predicted molar refractivity (Wildman–Crippen MR) is 138 cm³/mol. The topological polar surface area (TPSA) is 100 Å². The predicted octanol–water partition coefficient (Wildman–Crippen LogP) is 5.53. The molecule has 4 rings (SSSR count). The van der Waals surface area contributed by atoms with Crippen LogP contribution < -0.4 is 15.6 Å². The molecule has 7 nitrogen and oxygen atoms in total. The van der Waals surface area contributed by atoms with E-state index in [2.05, 4.69) is 20.6 Å². The molecule has 0 radical (unpaired) electrons. The molecule has 0 aliphatic rings. The van der Waals surface area contributed by atoms with Gasteiger partial charge in [0.1, 0.15) is 0 Å². The lowest BCUT2D eigenvalue weighted by molar-refractivity contribution is 0.0954. The van der Waals surface area contributed by atoms with Crippen LogP contribution >= 0.6 is 46.1 Å². The minimum Gasteiger partial charge on any atom is -0.352 e. The van der Waals surface area contributed by atoms with Gasteiger partial charge in [0.2, 0.25) is 0 Å². The number of carbonyl (C=O) groups excluding carboxylic acids is 1. The molecule has 176 valence electrons. The van der Waals surface area contributed by atoms with Crippen LogP contribution in [0.15, 0.2) is 65.6 Å². The molecule has 4 aromatic rings. The van der Waals surface area contributed by atoms with Crippen molar-refractivity contribution in [1.82, 2.24) is 15.1 Å². The van der Waals surface area contributed by atoms with Gasteiger partial charge >= 0.3 is 0 Å². The highest BCUT2D eigenvalue weighted by Gasteiger charge is 2.15. The van der Waals surface area contributed by atoms with E-state index < -0.39 is 10.0 Å². The summed E-state index contributed by atoms with van der Waals surface area (Å²) in [5, 5.41) is 4.49. The van der Waals surface area contributed by atoms with Crippen molar-refractivity contribution in [2.75, 3.05) is 12.0 Å². The molecule has 3 aromatic carbocycles. The summed E-state index contributed by atoms with van der Waals surface area (Å²) in [5.74, 6) is -0.312. The zero-order chi connectivity index (χ0) is 24.3. The largest absolute Gasteiger partial charge is 0.352 e. The normalized spacial score (nSPS) is 11.5. The molecule has 0 saturated heterocycles. The molecule has 0 spiro atoms. The monoisotopic (exact) mass is 554 g/mol. The highest BCUT2D eigenvalue weighted by molar-refractivity contribution is 7.89. The molecule has 3 N–H and O–H groups in total. The van der Waals surface area contributed by atoms with Crippen molar-refractivity contribution in [1.29, 1.82) is 0 Å². The lowest BCUT2D eigenvalue weighted by Gasteiger charge is -2.09. The maximum absolute atomic E-state index is 12.6. The molecule has 0 aliphatic heterocycles. The van der Waals surface area contributed by atoms with Crippen LogP contribution in [0.1, 0.15) is 15.9 Å². The van der Waals surface area contributed by atoms with Gasteiger partial charge in [-0.1, -0.05) is 58.3 Å². The highest BCUT2D eigenvalue weighted by Crippen LogP contribution is 2.28. The first-order chi connectivity index (χ1) is 16.2. The van der Waals surface area contributed by atoms with Crippen molar-refractivity contribution in [2.24, 2.45) is 0 Å². The second-order valence-electron chi connectivity index (χ2n) is 7.14. The van der Waals surface area contributed by atoms with Crippen LogP contribution in [0.3, 0.4) is 0 Å². The van der Waals surface area contributed by atoms with E-state index >= 15 is 0 Å². The molecule has 0 aliphatic carbocycles. The van der Waals surface area contributed by atoms with Gasteiger partial charge in [-0.2, -0.15) is 0 Å². The Morgan fingerprint density at radius 3 is 2.38 bits per heavy atom. The van der Waals surface area contributed by atoms with Gasteiger partial charge in [-0.05, 0) is 60.5 Å². The Balaban J connectivity index is 1.32. The summed E-state index contributed by atoms with van der Waals surface area (Å²) >= 11 is 19.2. The van der Waals surface area contributed by atoms with Gasteiger partial charge < -0.3 is 5.32 Å². The van der Waals surface area contributed by atoms with E-state index in [0.29, 0.717) is 39.2 Å². The molecular weight excluding hydrogens is 539 g/mol. The number of anilines is 1. The number of nitrogens with one attached hydrogen (secondary N) is 3. The van der Waals surface area contributed by atoms with Crippen molar-refractivity contribution < 1.29 is 13.2 Å². The van der Waals surface area contributed by atoms with Gasteiger partial charge in [-0.3, -0.25) is 10.2 Å². The summed E-state index contributed by atoms with van der Waals surface area (Å²) in [6, 6.07) is 16.3. The number of carbonyl (C=O) groups is 1. The zero-order valence-electron chi connectivity index (χ0n) is 17.3. The van der Waals surface area contributed by atoms with Gasteiger partial charge in [0.05, 0.1) is 25.7 Å². The number of hydrogen-bond donors (Lipinski definition) is 3. The van der Waals surface area contributed by atoms with Crippen LogP contribution in [-0.2, 0) is 16.4 Å². The van der Waals surface area contributed by atoms with E-state index in [4.69, 9.17) is 34.8 Å². The van der Waals surface area contributed by atoms with Gasteiger partial charge in [0.15, 0.2) is 5.13 Å². The minimum absolute atomic E-state index is 0.0879. The molecule has 0 unspecified atom stereocenters. The Morgan fingerprint density at radius 1 is 0.941 bits per heavy atom. The molecule has 1 aromatic heterocycles. The van der Waals surface area contributed by atoms with Crippen molar-refractivity contribution in [3.8, 4) is 0 Å². The number of amides is 1. The number of halogens is 3. The maximum Gasteiger partial charge on any atom is 0.257 e. The third kappa shape index (κ3) is 5.99. The van der Waals surface area contributed by atoms with Crippen molar-refractivity contribution >= 4 is 77.4 Å². The second kappa shape index (κ2) is 10.5. The van der Waals surface area contributed by atoms with E-state index in [1.54, 1.807) is 42.5 Å². The quantitative estimate of drug-likeness (QED) is 0.248. The number of benzene rings is 3. The van der Waals surface area contributed by atoms with Crippen LogP contribution in [0.5, 0.6) is 0 Å². The number of rotatable bonds is 8. The number of hydrogen-bond acceptors (Lipinski definition) is 6. The number of thiazole rings is 1. The van der Waals surface area contributed by atoms with Gasteiger partial charge in [-0.15, -0.1) is 4.83 Å². The fraction of sp³-hybridized carbons (Fsp3) is 0.0909. The summed E-state index contributed by atoms with van der Waals surface area (Å²) in [4.78, 5) is 19.0. The van der Waals surface area contributed by atoms with Crippen molar-refractivity contribution in [3.63, 3.8) is 0 Å². The maximum atomic E-state index is 12.6. The van der Waals surface area contributed by atoms with E-state index in [1.807, 2.05) is 0 Å². The Bertz CT molecular complexity index is 1460. The molecule has 1 amide bonds. The molecule has 0 bridgehead atoms. The van der Waals surface area contributed by atoms with Crippen LogP contribution in [0.25, 0.3) is 10.2 Å². The van der Waals surface area contributed by atoms with Crippen molar-refractivity contribution in [2.45, 2.75) is 11.3 Å². The number of sulfonamides is 1. The molecule has 0 atom stereocenters. The van der Waals surface area contributed by atoms with Gasteiger partial charge in [-0.25, -0.2) is 13.4 Å². The number of fused-ring (bicyclic) bond motifs is 1. The molecule has 12 heteroatoms. The van der Waals surface area contributed by atoms with Crippen LogP contribution in [-0.4, -0.2) is 25.9 Å². The van der Waals surface area contributed by atoms with Crippen LogP contribution in [0, 0.1) is 0 Å². The Kier molecular flexibility index (Phi) is 7.61. The summed E-state index contributed by atoms with van der Waals surface area (Å²) in [6.07, 6.45) is 0.511. The summed E-state index contributed by atoms with van der Waals surface area (Å²) in [7, 11) is -3.81. The molecule has 0 saturated carbocycles. The smallest absolute Gasteiger partial charge is 0.257 e. The fourth-order valence-corrected chi connectivity index (χ4v) is 5.54. The minimum atomic E-state index is -3.81. The van der Waals surface area contributed by atoms with Crippen molar-refractivity contribution in [3.05, 3.63) is 86.9 Å². The SMILES string of the molecule is O=C(NCCc1ccc(S(=O)(=O)NNc2nc3ccc(Cl)cc3s2)cc1)c1ccc(Cl)cc1Cl. The number of nitrogens with zero attached hydrogens (tertiary/aromatic N) is 1. The fourth-order valence-electron chi connectivity index (χ4n) is 3.05. The Morgan fingerprint density at radius 2 is 1.65 bits per heavy atom. The first-order valence-corrected chi connectivity index (χ1v) is 13.3. The number of aromatic nitrogens is 1. The van der Waals surface area contributed by atoms with Gasteiger partial charge in [0, 0.05) is 16.6 Å². The molecular formula is C22H17Cl3N4O3S2. The van der Waals surface area contributed by atoms with E-state index in [9.17, 15) is 13.2 Å². The second-order valence-corrected chi connectivity index (χ2v) is 11.1. The third-order valence-corrected chi connectivity index (χ3v) is 7.73. The number of hydrazine groups is 1.